The first-order valence-electron chi connectivity index (χ1n) is 11.0. The maximum absolute atomic E-state index is 13.8. The highest BCUT2D eigenvalue weighted by Gasteiger charge is 2.43. The second-order valence-corrected chi connectivity index (χ2v) is 8.61. The van der Waals surface area contributed by atoms with Crippen molar-refractivity contribution in [2.24, 2.45) is 0 Å². The molecule has 5 nitrogen and oxygen atoms in total. The van der Waals surface area contributed by atoms with E-state index in [0.29, 0.717) is 19.6 Å². The molecule has 2 saturated heterocycles. The van der Waals surface area contributed by atoms with Crippen molar-refractivity contribution in [3.8, 4) is 0 Å². The third-order valence-corrected chi connectivity index (χ3v) is 6.60. The molecule has 1 N–H and O–H groups in total. The molecule has 2 amide bonds. The quantitative estimate of drug-likeness (QED) is 0.792. The van der Waals surface area contributed by atoms with Crippen LogP contribution in [-0.4, -0.2) is 48.1 Å². The van der Waals surface area contributed by atoms with Crippen LogP contribution in [-0.2, 0) is 9.53 Å². The van der Waals surface area contributed by atoms with Gasteiger partial charge in [0.1, 0.15) is 5.82 Å². The Kier molecular flexibility index (Phi) is 6.37. The zero-order chi connectivity index (χ0) is 21.8. The van der Waals surface area contributed by atoms with Gasteiger partial charge in [-0.05, 0) is 50.3 Å². The highest BCUT2D eigenvalue weighted by molar-refractivity contribution is 5.94. The van der Waals surface area contributed by atoms with Crippen LogP contribution in [0, 0.1) is 5.82 Å². The molecule has 164 valence electrons. The van der Waals surface area contributed by atoms with Crippen LogP contribution in [0.2, 0.25) is 0 Å². The lowest BCUT2D eigenvalue weighted by Crippen LogP contribution is -2.48. The number of hydrogen-bond acceptors (Lipinski definition) is 3. The number of benzene rings is 2. The van der Waals surface area contributed by atoms with Gasteiger partial charge < -0.3 is 15.0 Å². The van der Waals surface area contributed by atoms with Crippen LogP contribution in [0.5, 0.6) is 0 Å². The van der Waals surface area contributed by atoms with E-state index in [1.54, 1.807) is 12.1 Å². The Morgan fingerprint density at radius 2 is 1.77 bits per heavy atom. The smallest absolute Gasteiger partial charge is 0.254 e. The Hall–Kier alpha value is -2.73. The number of likely N-dealkylation sites (tertiary alicyclic amines) is 1. The molecule has 2 aromatic rings. The number of carbonyl (C=O) groups is 2. The first-order valence-corrected chi connectivity index (χ1v) is 11.0. The summed E-state index contributed by atoms with van der Waals surface area (Å²) in [6.07, 6.45) is 3.30. The van der Waals surface area contributed by atoms with E-state index < -0.39 is 11.7 Å². The molecule has 2 aliphatic heterocycles. The number of nitrogens with zero attached hydrogens (tertiary/aromatic N) is 1. The molecule has 1 spiro atoms. The minimum Gasteiger partial charge on any atom is -0.370 e. The van der Waals surface area contributed by atoms with Crippen LogP contribution >= 0.6 is 0 Å². The fourth-order valence-electron chi connectivity index (χ4n) is 4.65. The molecule has 0 aliphatic carbocycles. The minimum atomic E-state index is -0.523. The molecule has 4 rings (SSSR count). The van der Waals surface area contributed by atoms with E-state index >= 15 is 0 Å². The number of amides is 2. The summed E-state index contributed by atoms with van der Waals surface area (Å²) in [5.41, 5.74) is 0.866. The fourth-order valence-corrected chi connectivity index (χ4v) is 4.65. The summed E-state index contributed by atoms with van der Waals surface area (Å²) < 4.78 is 20.1. The molecular formula is C25H29FN2O3. The summed E-state index contributed by atoms with van der Waals surface area (Å²) in [7, 11) is 0. The Morgan fingerprint density at radius 3 is 2.48 bits per heavy atom. The first-order chi connectivity index (χ1) is 15.0. The van der Waals surface area contributed by atoms with Gasteiger partial charge in [0.25, 0.3) is 5.91 Å². The van der Waals surface area contributed by atoms with Gasteiger partial charge in [0.2, 0.25) is 5.91 Å². The van der Waals surface area contributed by atoms with Gasteiger partial charge in [0.15, 0.2) is 0 Å². The van der Waals surface area contributed by atoms with Crippen LogP contribution < -0.4 is 5.32 Å². The van der Waals surface area contributed by atoms with Crippen molar-refractivity contribution < 1.29 is 18.7 Å². The van der Waals surface area contributed by atoms with Gasteiger partial charge in [-0.25, -0.2) is 4.39 Å². The number of piperidine rings is 1. The summed E-state index contributed by atoms with van der Waals surface area (Å²) in [6.45, 7) is 3.69. The second-order valence-electron chi connectivity index (χ2n) is 8.61. The highest BCUT2D eigenvalue weighted by atomic mass is 19.1. The standard InChI is InChI=1S/C25H29FN2O3/c1-18(19-7-3-2-4-8-19)24(30)28-15-13-25(14-16-28)12-11-20(31-25)17-27-23(29)21-9-5-6-10-22(21)26/h2-10,18,20H,11-17H2,1H3,(H,27,29)/t18-,20+/m1/s1. The SMILES string of the molecule is C[C@@H](C(=O)N1CCC2(CC[C@@H](CNC(=O)c3ccccc3F)O2)CC1)c1ccccc1. The zero-order valence-corrected chi connectivity index (χ0v) is 17.9. The monoisotopic (exact) mass is 424 g/mol. The van der Waals surface area contributed by atoms with E-state index in [9.17, 15) is 14.0 Å². The average molecular weight is 425 g/mol. The maximum atomic E-state index is 13.8. The predicted molar refractivity (Wildman–Crippen MR) is 116 cm³/mol. The predicted octanol–water partition coefficient (Wildman–Crippen LogP) is 3.90. The highest BCUT2D eigenvalue weighted by Crippen LogP contribution is 2.39. The van der Waals surface area contributed by atoms with E-state index in [4.69, 9.17) is 4.74 Å². The minimum absolute atomic E-state index is 0.0505. The fraction of sp³-hybridized carbons (Fsp3) is 0.440. The van der Waals surface area contributed by atoms with Gasteiger partial charge >= 0.3 is 0 Å². The lowest BCUT2D eigenvalue weighted by atomic mass is 9.87. The van der Waals surface area contributed by atoms with Crippen LogP contribution in [0.25, 0.3) is 0 Å². The summed E-state index contributed by atoms with van der Waals surface area (Å²) >= 11 is 0. The van der Waals surface area contributed by atoms with Crippen molar-refractivity contribution in [1.82, 2.24) is 10.2 Å². The maximum Gasteiger partial charge on any atom is 0.254 e. The lowest BCUT2D eigenvalue weighted by molar-refractivity contribution is -0.138. The molecule has 2 fully saturated rings. The number of halogens is 1. The molecule has 0 aromatic heterocycles. The molecule has 6 heteroatoms. The normalized spacial score (nSPS) is 21.1. The molecule has 2 atom stereocenters. The number of ether oxygens (including phenoxy) is 1. The van der Waals surface area contributed by atoms with Crippen LogP contribution in [0.1, 0.15) is 54.4 Å². The van der Waals surface area contributed by atoms with E-state index in [2.05, 4.69) is 5.32 Å². The molecular weight excluding hydrogens is 395 g/mol. The lowest BCUT2D eigenvalue weighted by Gasteiger charge is -2.40. The number of rotatable bonds is 5. The Balaban J connectivity index is 1.26. The van der Waals surface area contributed by atoms with Crippen molar-refractivity contribution >= 4 is 11.8 Å². The van der Waals surface area contributed by atoms with Crippen molar-refractivity contribution in [2.75, 3.05) is 19.6 Å². The summed E-state index contributed by atoms with van der Waals surface area (Å²) in [6, 6.07) is 15.8. The van der Waals surface area contributed by atoms with Crippen molar-refractivity contribution in [2.45, 2.75) is 50.2 Å². The van der Waals surface area contributed by atoms with Crippen molar-refractivity contribution in [3.63, 3.8) is 0 Å². The first kappa shape index (κ1) is 21.5. The van der Waals surface area contributed by atoms with E-state index in [1.165, 1.54) is 12.1 Å². The second kappa shape index (κ2) is 9.18. The topological polar surface area (TPSA) is 58.6 Å². The number of carbonyl (C=O) groups excluding carboxylic acids is 2. The number of nitrogens with one attached hydrogen (secondary N) is 1. The third kappa shape index (κ3) is 4.79. The van der Waals surface area contributed by atoms with Gasteiger partial charge in [-0.15, -0.1) is 0 Å². The molecule has 0 radical (unpaired) electrons. The van der Waals surface area contributed by atoms with Gasteiger partial charge in [-0.3, -0.25) is 9.59 Å². The van der Waals surface area contributed by atoms with Crippen LogP contribution in [0.15, 0.2) is 54.6 Å². The Labute approximate surface area is 182 Å². The average Bonchev–Trinajstić information content (AvgIpc) is 3.20. The van der Waals surface area contributed by atoms with Gasteiger partial charge in [-0.2, -0.15) is 0 Å². The van der Waals surface area contributed by atoms with Crippen molar-refractivity contribution in [1.29, 1.82) is 0 Å². The molecule has 0 saturated carbocycles. The van der Waals surface area contributed by atoms with Gasteiger partial charge in [0, 0.05) is 19.6 Å². The largest absolute Gasteiger partial charge is 0.370 e. The molecule has 2 aliphatic rings. The third-order valence-electron chi connectivity index (χ3n) is 6.60. The van der Waals surface area contributed by atoms with Gasteiger partial charge in [0.05, 0.1) is 23.2 Å². The molecule has 2 heterocycles. The van der Waals surface area contributed by atoms with E-state index in [0.717, 1.165) is 31.2 Å². The summed E-state index contributed by atoms with van der Waals surface area (Å²) in [4.78, 5) is 27.1. The summed E-state index contributed by atoms with van der Waals surface area (Å²) in [5.74, 6) is -0.933. The van der Waals surface area contributed by atoms with Crippen LogP contribution in [0.4, 0.5) is 4.39 Å². The number of hydrogen-bond donors (Lipinski definition) is 1. The molecule has 0 unspecified atom stereocenters. The van der Waals surface area contributed by atoms with E-state index in [-0.39, 0.29) is 29.1 Å². The molecule has 31 heavy (non-hydrogen) atoms. The van der Waals surface area contributed by atoms with Crippen LogP contribution in [0.3, 0.4) is 0 Å². The van der Waals surface area contributed by atoms with E-state index in [1.807, 2.05) is 42.2 Å². The van der Waals surface area contributed by atoms with Crippen molar-refractivity contribution in [3.05, 3.63) is 71.5 Å². The zero-order valence-electron chi connectivity index (χ0n) is 17.9. The van der Waals surface area contributed by atoms with Gasteiger partial charge in [-0.1, -0.05) is 42.5 Å². The molecule has 2 aromatic carbocycles. The summed E-state index contributed by atoms with van der Waals surface area (Å²) in [5, 5.41) is 2.80. The molecule has 0 bridgehead atoms. The Morgan fingerprint density at radius 1 is 1.10 bits per heavy atom. The Bertz CT molecular complexity index is 925.